The van der Waals surface area contributed by atoms with Crippen molar-refractivity contribution >= 4 is 23.1 Å². The molecule has 0 aliphatic heterocycles. The monoisotopic (exact) mass is 376 g/mol. The van der Waals surface area contributed by atoms with Crippen molar-refractivity contribution in [2.45, 2.75) is 19.5 Å². The Bertz CT molecular complexity index is 46.8. The van der Waals surface area contributed by atoms with Crippen molar-refractivity contribution in [2.24, 2.45) is 0 Å². The van der Waals surface area contributed by atoms with Crippen LogP contribution in [0, 0.1) is 0 Å². The Morgan fingerprint density at radius 2 is 1.22 bits per heavy atom. The van der Waals surface area contributed by atoms with E-state index in [0.717, 1.165) is 6.92 Å². The molecular weight excluding hydrogens is 371 g/mol. The topological polar surface area (TPSA) is 0 Å². The van der Waals surface area contributed by atoms with Gasteiger partial charge in [-0.15, -0.1) is 0 Å². The van der Waals surface area contributed by atoms with Gasteiger partial charge in [-0.2, -0.15) is 13.2 Å². The zero-order valence-corrected chi connectivity index (χ0v) is 10.5. The Kier molecular flexibility index (Phi) is 25.0. The molecule has 0 saturated heterocycles. The van der Waals surface area contributed by atoms with Crippen LogP contribution in [0.5, 0.6) is 0 Å². The first-order valence-electron chi connectivity index (χ1n) is 1.63. The third-order valence-electron chi connectivity index (χ3n) is 0.401. The SMILES string of the molecule is CCC(F)(F)F.[I-].[I-].[Mg+2]. The van der Waals surface area contributed by atoms with Crippen molar-refractivity contribution in [1.29, 1.82) is 0 Å². The summed E-state index contributed by atoms with van der Waals surface area (Å²) < 4.78 is 32.4. The summed E-state index contributed by atoms with van der Waals surface area (Å²) in [6.07, 6.45) is -4.69. The van der Waals surface area contributed by atoms with Gasteiger partial charge in [0.1, 0.15) is 0 Å². The van der Waals surface area contributed by atoms with Crippen LogP contribution in [-0.4, -0.2) is 29.2 Å². The molecule has 0 aromatic rings. The summed E-state index contributed by atoms with van der Waals surface area (Å²) in [6, 6.07) is 0. The molecule has 0 amide bonds. The minimum Gasteiger partial charge on any atom is -1.00 e. The van der Waals surface area contributed by atoms with E-state index in [1.165, 1.54) is 0 Å². The summed E-state index contributed by atoms with van der Waals surface area (Å²) >= 11 is 0. The van der Waals surface area contributed by atoms with Gasteiger partial charge in [0.2, 0.25) is 0 Å². The normalized spacial score (nSPS) is 8.00. The number of hydrogen-bond donors (Lipinski definition) is 0. The molecule has 0 spiro atoms. The summed E-state index contributed by atoms with van der Waals surface area (Å²) in [5.74, 6) is 0. The molecule has 0 aromatic heterocycles. The molecule has 0 nitrogen and oxygen atoms in total. The van der Waals surface area contributed by atoms with Gasteiger partial charge in [0.15, 0.2) is 0 Å². The minimum absolute atomic E-state index is 0. The zero-order chi connectivity index (χ0) is 5.21. The summed E-state index contributed by atoms with van der Waals surface area (Å²) in [5.41, 5.74) is 0. The molecule has 0 N–H and O–H groups in total. The van der Waals surface area contributed by atoms with Crippen LogP contribution >= 0.6 is 0 Å². The van der Waals surface area contributed by atoms with E-state index in [4.69, 9.17) is 0 Å². The van der Waals surface area contributed by atoms with Gasteiger partial charge in [-0.05, 0) is 0 Å². The molecular formula is C3H5F3I2Mg. The van der Waals surface area contributed by atoms with E-state index in [1.54, 1.807) is 0 Å². The van der Waals surface area contributed by atoms with Crippen molar-refractivity contribution in [1.82, 2.24) is 0 Å². The average molecular weight is 376 g/mol. The first kappa shape index (κ1) is 22.5. The maximum Gasteiger partial charge on any atom is 2.00 e. The Hall–Kier alpha value is 2.02. The van der Waals surface area contributed by atoms with Gasteiger partial charge < -0.3 is 48.0 Å². The smallest absolute Gasteiger partial charge is 1.00 e. The van der Waals surface area contributed by atoms with Crippen LogP contribution in [-0.2, 0) is 0 Å². The van der Waals surface area contributed by atoms with Crippen molar-refractivity contribution in [3.63, 3.8) is 0 Å². The Morgan fingerprint density at radius 3 is 1.22 bits per heavy atom. The maximum atomic E-state index is 10.8. The third-order valence-corrected chi connectivity index (χ3v) is 0.401. The van der Waals surface area contributed by atoms with E-state index in [0.29, 0.717) is 0 Å². The summed E-state index contributed by atoms with van der Waals surface area (Å²) in [4.78, 5) is 0. The fraction of sp³-hybridized carbons (Fsp3) is 1.00. The molecule has 9 heavy (non-hydrogen) atoms. The van der Waals surface area contributed by atoms with Crippen LogP contribution in [0.25, 0.3) is 0 Å². The second-order valence-electron chi connectivity index (χ2n) is 0.969. The summed E-state index contributed by atoms with van der Waals surface area (Å²) in [5, 5.41) is 0. The molecule has 0 heterocycles. The second kappa shape index (κ2) is 10.0. The molecule has 0 unspecified atom stereocenters. The average Bonchev–Trinajstić information content (AvgIpc) is 1.35. The van der Waals surface area contributed by atoms with Gasteiger partial charge in [-0.3, -0.25) is 0 Å². The van der Waals surface area contributed by atoms with Gasteiger partial charge in [0.05, 0.1) is 0 Å². The molecule has 0 atom stereocenters. The maximum absolute atomic E-state index is 10.8. The van der Waals surface area contributed by atoms with Crippen molar-refractivity contribution < 1.29 is 61.1 Å². The molecule has 54 valence electrons. The minimum atomic E-state index is -3.96. The van der Waals surface area contributed by atoms with E-state index in [2.05, 4.69) is 0 Å². The molecule has 0 saturated carbocycles. The van der Waals surface area contributed by atoms with Crippen LogP contribution in [0.3, 0.4) is 0 Å². The Labute approximate surface area is 103 Å². The van der Waals surface area contributed by atoms with Gasteiger partial charge in [0, 0.05) is 6.42 Å². The van der Waals surface area contributed by atoms with Crippen molar-refractivity contribution in [3.05, 3.63) is 0 Å². The van der Waals surface area contributed by atoms with Gasteiger partial charge in [-0.1, -0.05) is 6.92 Å². The van der Waals surface area contributed by atoms with Crippen molar-refractivity contribution in [3.8, 4) is 0 Å². The van der Waals surface area contributed by atoms with Gasteiger partial charge in [-0.25, -0.2) is 0 Å². The standard InChI is InChI=1S/C3H5F3.2HI.Mg/c1-2-3(4,5)6;;;/h2H2,1H3;2*1H;/q;;;+2/p-2. The Balaban J connectivity index is -0.0000000417. The molecule has 0 aliphatic carbocycles. The van der Waals surface area contributed by atoms with Crippen LogP contribution in [0.2, 0.25) is 0 Å². The quantitative estimate of drug-likeness (QED) is 0.296. The fourth-order valence-corrected chi connectivity index (χ4v) is 0. The van der Waals surface area contributed by atoms with Gasteiger partial charge >= 0.3 is 29.2 Å². The van der Waals surface area contributed by atoms with Crippen molar-refractivity contribution in [2.75, 3.05) is 0 Å². The van der Waals surface area contributed by atoms with Crippen LogP contribution < -0.4 is 48.0 Å². The van der Waals surface area contributed by atoms with E-state index >= 15 is 0 Å². The van der Waals surface area contributed by atoms with Gasteiger partial charge in [0.25, 0.3) is 0 Å². The van der Waals surface area contributed by atoms with E-state index in [9.17, 15) is 13.2 Å². The number of hydrogen-bond acceptors (Lipinski definition) is 0. The number of halogens is 5. The summed E-state index contributed by atoms with van der Waals surface area (Å²) in [7, 11) is 0. The predicted molar refractivity (Wildman–Crippen MR) is 22.1 cm³/mol. The molecule has 0 rings (SSSR count). The first-order valence-corrected chi connectivity index (χ1v) is 1.63. The first-order chi connectivity index (χ1) is 2.56. The second-order valence-corrected chi connectivity index (χ2v) is 0.969. The summed E-state index contributed by atoms with van der Waals surface area (Å²) in [6.45, 7) is 1.08. The molecule has 0 aromatic carbocycles. The molecule has 0 aliphatic rings. The molecule has 0 bridgehead atoms. The van der Waals surface area contributed by atoms with Crippen LogP contribution in [0.1, 0.15) is 13.3 Å². The van der Waals surface area contributed by atoms with E-state index in [-0.39, 0.29) is 71.0 Å². The molecule has 0 fully saturated rings. The predicted octanol–water partition coefficient (Wildman–Crippen LogP) is -4.41. The number of alkyl halides is 3. The molecule has 6 heteroatoms. The van der Waals surface area contributed by atoms with Crippen LogP contribution in [0.15, 0.2) is 0 Å². The van der Waals surface area contributed by atoms with Crippen LogP contribution in [0.4, 0.5) is 13.2 Å². The van der Waals surface area contributed by atoms with E-state index in [1.807, 2.05) is 0 Å². The number of rotatable bonds is 0. The third kappa shape index (κ3) is 25.6. The zero-order valence-electron chi connectivity index (χ0n) is 4.80. The van der Waals surface area contributed by atoms with E-state index < -0.39 is 12.6 Å². The molecule has 0 radical (unpaired) electrons. The fourth-order valence-electron chi connectivity index (χ4n) is 0. The largest absolute Gasteiger partial charge is 2.00 e. The Morgan fingerprint density at radius 1 is 1.11 bits per heavy atom.